The summed E-state index contributed by atoms with van der Waals surface area (Å²) >= 11 is 1.80. The molecule has 1 aromatic carbocycles. The Morgan fingerprint density at radius 2 is 1.88 bits per heavy atom. The van der Waals surface area contributed by atoms with Gasteiger partial charge in [-0.15, -0.1) is 35.3 Å². The summed E-state index contributed by atoms with van der Waals surface area (Å²) in [6, 6.07) is 8.53. The quantitative estimate of drug-likeness (QED) is 0.393. The molecule has 132 valence electrons. The Balaban J connectivity index is 0.00000288. The van der Waals surface area contributed by atoms with Crippen molar-refractivity contribution in [1.29, 1.82) is 0 Å². The molecule has 0 aliphatic carbocycles. The number of hydrogen-bond donors (Lipinski definition) is 2. The Labute approximate surface area is 166 Å². The van der Waals surface area contributed by atoms with Crippen LogP contribution in [0, 0.1) is 13.8 Å². The number of aliphatic imine (C=N–C) groups is 1. The van der Waals surface area contributed by atoms with Crippen LogP contribution >= 0.6 is 35.3 Å². The molecule has 0 aliphatic rings. The number of thiazole rings is 1. The number of nitrogens with zero attached hydrogens (tertiary/aromatic N) is 2. The van der Waals surface area contributed by atoms with E-state index in [2.05, 4.69) is 65.6 Å². The molecule has 0 radical (unpaired) electrons. The van der Waals surface area contributed by atoms with Crippen LogP contribution < -0.4 is 10.6 Å². The van der Waals surface area contributed by atoms with Crippen molar-refractivity contribution in [3.63, 3.8) is 0 Å². The molecule has 2 N–H and O–H groups in total. The third kappa shape index (κ3) is 6.39. The lowest BCUT2D eigenvalue weighted by atomic mass is 10.1. The van der Waals surface area contributed by atoms with Crippen molar-refractivity contribution >= 4 is 41.3 Å². The van der Waals surface area contributed by atoms with E-state index in [4.69, 9.17) is 0 Å². The zero-order chi connectivity index (χ0) is 16.7. The fourth-order valence-corrected chi connectivity index (χ4v) is 3.34. The minimum absolute atomic E-state index is 0. The van der Waals surface area contributed by atoms with Gasteiger partial charge in [0.05, 0.1) is 10.7 Å². The Morgan fingerprint density at radius 3 is 2.46 bits per heavy atom. The fourth-order valence-electron chi connectivity index (χ4n) is 2.32. The molecular formula is C18H27IN4S. The molecular weight excluding hydrogens is 431 g/mol. The van der Waals surface area contributed by atoms with Gasteiger partial charge in [0.15, 0.2) is 5.96 Å². The summed E-state index contributed by atoms with van der Waals surface area (Å²) in [6.45, 7) is 8.01. The average Bonchev–Trinajstić information content (AvgIpc) is 2.92. The number of nitrogens with one attached hydrogen (secondary N) is 2. The van der Waals surface area contributed by atoms with Crippen molar-refractivity contribution < 1.29 is 0 Å². The normalized spacial score (nSPS) is 11.1. The molecule has 1 aromatic heterocycles. The highest BCUT2D eigenvalue weighted by Gasteiger charge is 2.06. The lowest BCUT2D eigenvalue weighted by Crippen LogP contribution is -2.37. The molecule has 0 saturated heterocycles. The monoisotopic (exact) mass is 458 g/mol. The molecule has 6 heteroatoms. The van der Waals surface area contributed by atoms with Crippen LogP contribution in [0.3, 0.4) is 0 Å². The van der Waals surface area contributed by atoms with Gasteiger partial charge in [-0.3, -0.25) is 4.99 Å². The summed E-state index contributed by atoms with van der Waals surface area (Å²) in [5.74, 6) is 0.828. The highest BCUT2D eigenvalue weighted by atomic mass is 127. The van der Waals surface area contributed by atoms with Crippen molar-refractivity contribution in [2.75, 3.05) is 13.6 Å². The molecule has 2 aromatic rings. The molecule has 0 unspecified atom stereocenters. The highest BCUT2D eigenvalue weighted by Crippen LogP contribution is 2.17. The Hall–Kier alpha value is -1.15. The van der Waals surface area contributed by atoms with Crippen LogP contribution in [0.2, 0.25) is 0 Å². The smallest absolute Gasteiger partial charge is 0.191 e. The molecule has 4 nitrogen and oxygen atoms in total. The average molecular weight is 458 g/mol. The summed E-state index contributed by atoms with van der Waals surface area (Å²) in [6.07, 6.45) is 1.94. The minimum atomic E-state index is 0. The van der Waals surface area contributed by atoms with Gasteiger partial charge in [-0.1, -0.05) is 36.8 Å². The van der Waals surface area contributed by atoms with E-state index in [1.165, 1.54) is 26.7 Å². The van der Waals surface area contributed by atoms with Crippen LogP contribution in [0.15, 0.2) is 29.3 Å². The Morgan fingerprint density at radius 1 is 1.17 bits per heavy atom. The number of guanidine groups is 1. The maximum absolute atomic E-state index is 4.67. The molecule has 0 atom stereocenters. The maximum Gasteiger partial charge on any atom is 0.191 e. The van der Waals surface area contributed by atoms with Gasteiger partial charge in [0, 0.05) is 31.4 Å². The number of aromatic nitrogens is 1. The van der Waals surface area contributed by atoms with Crippen LogP contribution in [-0.4, -0.2) is 24.5 Å². The minimum Gasteiger partial charge on any atom is -0.356 e. The van der Waals surface area contributed by atoms with Gasteiger partial charge >= 0.3 is 0 Å². The van der Waals surface area contributed by atoms with E-state index in [0.29, 0.717) is 0 Å². The standard InChI is InChI=1S/C18H26N4S.HI/c1-5-16-14(3)23-17(22-16)10-11-20-18(19-4)21-12-15-8-6-13(2)7-9-15;/h6-9H,5,10-12H2,1-4H3,(H2,19,20,21);1H. The number of halogens is 1. The lowest BCUT2D eigenvalue weighted by Gasteiger charge is -2.11. The number of benzene rings is 1. The van der Waals surface area contributed by atoms with Gasteiger partial charge in [0.1, 0.15) is 0 Å². The van der Waals surface area contributed by atoms with Gasteiger partial charge in [0.25, 0.3) is 0 Å². The number of hydrogen-bond acceptors (Lipinski definition) is 3. The summed E-state index contributed by atoms with van der Waals surface area (Å²) in [5.41, 5.74) is 3.76. The topological polar surface area (TPSA) is 49.3 Å². The second-order valence-electron chi connectivity index (χ2n) is 5.55. The Bertz CT molecular complexity index is 650. The SMILES string of the molecule is CCc1nc(CCNC(=NC)NCc2ccc(C)cc2)sc1C.I. The van der Waals surface area contributed by atoms with E-state index in [1.54, 1.807) is 18.4 Å². The maximum atomic E-state index is 4.67. The lowest BCUT2D eigenvalue weighted by molar-refractivity contribution is 0.789. The summed E-state index contributed by atoms with van der Waals surface area (Å²) in [5, 5.41) is 7.89. The van der Waals surface area contributed by atoms with Gasteiger partial charge in [-0.2, -0.15) is 0 Å². The zero-order valence-electron chi connectivity index (χ0n) is 14.8. The van der Waals surface area contributed by atoms with Crippen LogP contribution in [0.5, 0.6) is 0 Å². The second kappa shape index (κ2) is 10.7. The molecule has 2 rings (SSSR count). The van der Waals surface area contributed by atoms with Crippen LogP contribution in [0.4, 0.5) is 0 Å². The van der Waals surface area contributed by atoms with Crippen molar-refractivity contribution in [3.8, 4) is 0 Å². The predicted octanol–water partition coefficient (Wildman–Crippen LogP) is 3.85. The van der Waals surface area contributed by atoms with E-state index in [-0.39, 0.29) is 24.0 Å². The molecule has 0 spiro atoms. The van der Waals surface area contributed by atoms with E-state index >= 15 is 0 Å². The largest absolute Gasteiger partial charge is 0.356 e. The molecule has 24 heavy (non-hydrogen) atoms. The molecule has 0 aliphatic heterocycles. The molecule has 1 heterocycles. The van der Waals surface area contributed by atoms with Crippen molar-refractivity contribution in [2.45, 2.75) is 40.2 Å². The summed E-state index contributed by atoms with van der Waals surface area (Å²) in [4.78, 5) is 10.3. The number of aryl methyl sites for hydroxylation is 3. The van der Waals surface area contributed by atoms with Crippen molar-refractivity contribution in [2.24, 2.45) is 4.99 Å². The van der Waals surface area contributed by atoms with Gasteiger partial charge in [-0.25, -0.2) is 4.98 Å². The molecule has 0 bridgehead atoms. The zero-order valence-corrected chi connectivity index (χ0v) is 18.0. The van der Waals surface area contributed by atoms with Crippen LogP contribution in [0.25, 0.3) is 0 Å². The third-order valence-corrected chi connectivity index (χ3v) is 4.78. The fraction of sp³-hybridized carbons (Fsp3) is 0.444. The van der Waals surface area contributed by atoms with Crippen molar-refractivity contribution in [3.05, 3.63) is 51.0 Å². The van der Waals surface area contributed by atoms with Crippen molar-refractivity contribution in [1.82, 2.24) is 15.6 Å². The first-order chi connectivity index (χ1) is 11.1. The van der Waals surface area contributed by atoms with Gasteiger partial charge in [-0.05, 0) is 25.8 Å². The van der Waals surface area contributed by atoms with Gasteiger partial charge in [0.2, 0.25) is 0 Å². The third-order valence-electron chi connectivity index (χ3n) is 3.71. The molecule has 0 amide bonds. The predicted molar refractivity (Wildman–Crippen MR) is 115 cm³/mol. The molecule has 0 saturated carbocycles. The van der Waals surface area contributed by atoms with E-state index in [0.717, 1.165) is 31.9 Å². The first-order valence-electron chi connectivity index (χ1n) is 8.07. The molecule has 0 fully saturated rings. The first kappa shape index (κ1) is 20.9. The van der Waals surface area contributed by atoms with Crippen LogP contribution in [-0.2, 0) is 19.4 Å². The van der Waals surface area contributed by atoms with Gasteiger partial charge < -0.3 is 10.6 Å². The summed E-state index contributed by atoms with van der Waals surface area (Å²) in [7, 11) is 1.80. The van der Waals surface area contributed by atoms with E-state index in [1.807, 2.05) is 0 Å². The van der Waals surface area contributed by atoms with Crippen LogP contribution in [0.1, 0.15) is 33.6 Å². The first-order valence-corrected chi connectivity index (χ1v) is 8.89. The summed E-state index contributed by atoms with van der Waals surface area (Å²) < 4.78 is 0. The number of rotatable bonds is 6. The van der Waals surface area contributed by atoms with E-state index < -0.39 is 0 Å². The Kier molecular flexibility index (Phi) is 9.28. The second-order valence-corrected chi connectivity index (χ2v) is 6.84. The van der Waals surface area contributed by atoms with E-state index in [9.17, 15) is 0 Å². The highest BCUT2D eigenvalue weighted by molar-refractivity contribution is 14.0.